The van der Waals surface area contributed by atoms with E-state index in [2.05, 4.69) is 27.9 Å². The molecule has 0 aliphatic rings. The number of carbonyl (C=O) groups is 1. The number of hydrogen-bond donors (Lipinski definition) is 1. The fraction of sp³-hybridized carbons (Fsp3) is 0.0556. The van der Waals surface area contributed by atoms with Crippen LogP contribution in [0.4, 0.5) is 5.69 Å². The van der Waals surface area contributed by atoms with Crippen LogP contribution >= 0.6 is 22.6 Å². The number of amides is 1. The van der Waals surface area contributed by atoms with Crippen LogP contribution in [0.25, 0.3) is 10.8 Å². The van der Waals surface area contributed by atoms with Gasteiger partial charge in [-0.1, -0.05) is 36.4 Å². The molecule has 0 heterocycles. The summed E-state index contributed by atoms with van der Waals surface area (Å²) in [5, 5.41) is 5.11. The van der Waals surface area contributed by atoms with Crippen molar-refractivity contribution in [3.8, 4) is 5.75 Å². The minimum Gasteiger partial charge on any atom is -0.496 e. The first kappa shape index (κ1) is 14.8. The summed E-state index contributed by atoms with van der Waals surface area (Å²) < 4.78 is 6.12. The van der Waals surface area contributed by atoms with Crippen molar-refractivity contribution < 1.29 is 9.53 Å². The Balaban J connectivity index is 1.92. The molecular weight excluding hydrogens is 389 g/mol. The van der Waals surface area contributed by atoms with Crippen LogP contribution in [0.2, 0.25) is 0 Å². The Morgan fingerprint density at radius 3 is 2.59 bits per heavy atom. The van der Waals surface area contributed by atoms with Gasteiger partial charge in [0.05, 0.1) is 10.7 Å². The zero-order valence-corrected chi connectivity index (χ0v) is 14.1. The highest BCUT2D eigenvalue weighted by molar-refractivity contribution is 14.1. The van der Waals surface area contributed by atoms with Crippen molar-refractivity contribution in [3.05, 3.63) is 69.8 Å². The lowest BCUT2D eigenvalue weighted by atomic mass is 10.1. The van der Waals surface area contributed by atoms with Gasteiger partial charge in [0.2, 0.25) is 0 Å². The fourth-order valence-corrected chi connectivity index (χ4v) is 3.07. The second-order valence-corrected chi connectivity index (χ2v) is 5.99. The highest BCUT2D eigenvalue weighted by Gasteiger charge is 2.10. The third-order valence-electron chi connectivity index (χ3n) is 3.45. The molecule has 22 heavy (non-hydrogen) atoms. The Morgan fingerprint density at radius 1 is 1.05 bits per heavy atom. The van der Waals surface area contributed by atoms with Crippen molar-refractivity contribution >= 4 is 45.0 Å². The summed E-state index contributed by atoms with van der Waals surface area (Å²) in [7, 11) is 1.62. The number of hydrogen-bond acceptors (Lipinski definition) is 2. The van der Waals surface area contributed by atoms with Crippen molar-refractivity contribution in [2.75, 3.05) is 12.4 Å². The molecule has 0 atom stereocenters. The third-order valence-corrected chi connectivity index (χ3v) is 4.29. The van der Waals surface area contributed by atoms with Crippen LogP contribution < -0.4 is 10.1 Å². The van der Waals surface area contributed by atoms with Gasteiger partial charge in [0.1, 0.15) is 5.75 Å². The lowest BCUT2D eigenvalue weighted by Crippen LogP contribution is -2.12. The molecule has 0 saturated heterocycles. The Morgan fingerprint density at radius 2 is 1.82 bits per heavy atom. The van der Waals surface area contributed by atoms with E-state index in [0.717, 1.165) is 25.8 Å². The lowest BCUT2D eigenvalue weighted by Gasteiger charge is -2.10. The van der Waals surface area contributed by atoms with Crippen LogP contribution in [-0.2, 0) is 0 Å². The molecule has 110 valence electrons. The van der Waals surface area contributed by atoms with Crippen molar-refractivity contribution in [1.82, 2.24) is 0 Å². The van der Waals surface area contributed by atoms with E-state index >= 15 is 0 Å². The topological polar surface area (TPSA) is 38.3 Å². The number of anilines is 1. The predicted molar refractivity (Wildman–Crippen MR) is 97.6 cm³/mol. The second kappa shape index (κ2) is 6.36. The van der Waals surface area contributed by atoms with E-state index in [-0.39, 0.29) is 5.91 Å². The first-order valence-electron chi connectivity index (χ1n) is 6.81. The van der Waals surface area contributed by atoms with Crippen molar-refractivity contribution in [2.45, 2.75) is 0 Å². The first-order chi connectivity index (χ1) is 10.7. The molecule has 0 bridgehead atoms. The molecule has 0 radical (unpaired) electrons. The number of ether oxygens (including phenoxy) is 1. The van der Waals surface area contributed by atoms with Crippen molar-refractivity contribution in [2.24, 2.45) is 0 Å². The summed E-state index contributed by atoms with van der Waals surface area (Å²) in [4.78, 5) is 12.5. The summed E-state index contributed by atoms with van der Waals surface area (Å²) in [6.45, 7) is 0. The van der Waals surface area contributed by atoms with Gasteiger partial charge in [-0.25, -0.2) is 0 Å². The molecule has 3 aromatic rings. The highest BCUT2D eigenvalue weighted by Crippen LogP contribution is 2.25. The molecule has 0 spiro atoms. The van der Waals surface area contributed by atoms with E-state index in [4.69, 9.17) is 4.74 Å². The normalized spacial score (nSPS) is 10.5. The molecule has 3 rings (SSSR count). The van der Waals surface area contributed by atoms with Gasteiger partial charge in [-0.05, 0) is 52.2 Å². The first-order valence-corrected chi connectivity index (χ1v) is 7.89. The number of carbonyl (C=O) groups excluding carboxylic acids is 1. The van der Waals surface area contributed by atoms with Crippen LogP contribution in [0.3, 0.4) is 0 Å². The van der Waals surface area contributed by atoms with Gasteiger partial charge in [-0.15, -0.1) is 0 Å². The molecule has 0 unspecified atom stereocenters. The second-order valence-electron chi connectivity index (χ2n) is 4.83. The Labute approximate surface area is 142 Å². The molecule has 3 aromatic carbocycles. The predicted octanol–water partition coefficient (Wildman–Crippen LogP) is 4.71. The van der Waals surface area contributed by atoms with Gasteiger partial charge in [-0.2, -0.15) is 0 Å². The monoisotopic (exact) mass is 403 g/mol. The van der Waals surface area contributed by atoms with Crippen LogP contribution in [0, 0.1) is 3.57 Å². The van der Waals surface area contributed by atoms with E-state index in [1.54, 1.807) is 19.2 Å². The quantitative estimate of drug-likeness (QED) is 0.644. The van der Waals surface area contributed by atoms with Gasteiger partial charge in [0, 0.05) is 16.6 Å². The van der Waals surface area contributed by atoms with E-state index in [1.165, 1.54) is 0 Å². The number of fused-ring (bicyclic) bond motifs is 1. The molecule has 3 nitrogen and oxygen atoms in total. The molecule has 0 fully saturated rings. The molecule has 0 aliphatic carbocycles. The van der Waals surface area contributed by atoms with Crippen molar-refractivity contribution in [3.63, 3.8) is 0 Å². The van der Waals surface area contributed by atoms with E-state index < -0.39 is 0 Å². The van der Waals surface area contributed by atoms with E-state index in [0.29, 0.717) is 5.56 Å². The maximum Gasteiger partial charge on any atom is 0.255 e. The third kappa shape index (κ3) is 2.92. The number of benzene rings is 3. The average molecular weight is 403 g/mol. The minimum absolute atomic E-state index is 0.128. The summed E-state index contributed by atoms with van der Waals surface area (Å²) in [5.74, 6) is 0.638. The lowest BCUT2D eigenvalue weighted by molar-refractivity contribution is 0.102. The summed E-state index contributed by atoms with van der Waals surface area (Å²) in [6.07, 6.45) is 0. The highest BCUT2D eigenvalue weighted by atomic mass is 127. The van der Waals surface area contributed by atoms with Crippen molar-refractivity contribution in [1.29, 1.82) is 0 Å². The van der Waals surface area contributed by atoms with Crippen LogP contribution in [-0.4, -0.2) is 13.0 Å². The number of nitrogens with one attached hydrogen (secondary N) is 1. The van der Waals surface area contributed by atoms with E-state index in [9.17, 15) is 4.79 Å². The number of rotatable bonds is 3. The standard InChI is InChI=1S/C18H14INO2/c1-22-17-10-9-13(11-15(17)19)18(21)20-16-8-4-6-12-5-2-3-7-14(12)16/h2-11H,1H3,(H,20,21). The van der Waals surface area contributed by atoms with Gasteiger partial charge in [0.15, 0.2) is 0 Å². The molecule has 0 saturated carbocycles. The average Bonchev–Trinajstić information content (AvgIpc) is 2.55. The molecule has 1 N–H and O–H groups in total. The Hall–Kier alpha value is -2.08. The fourth-order valence-electron chi connectivity index (χ4n) is 2.34. The molecule has 0 aromatic heterocycles. The van der Waals surface area contributed by atoms with Crippen LogP contribution in [0.5, 0.6) is 5.75 Å². The minimum atomic E-state index is -0.128. The Kier molecular flexibility index (Phi) is 4.29. The van der Waals surface area contributed by atoms with E-state index in [1.807, 2.05) is 48.5 Å². The van der Waals surface area contributed by atoms with Gasteiger partial charge >= 0.3 is 0 Å². The summed E-state index contributed by atoms with van der Waals surface area (Å²) >= 11 is 2.16. The summed E-state index contributed by atoms with van der Waals surface area (Å²) in [6, 6.07) is 19.3. The zero-order chi connectivity index (χ0) is 15.5. The maximum atomic E-state index is 12.5. The SMILES string of the molecule is COc1ccc(C(=O)Nc2cccc3ccccc23)cc1I. The van der Waals surface area contributed by atoms with Gasteiger partial charge in [0.25, 0.3) is 5.91 Å². The maximum absolute atomic E-state index is 12.5. The number of halogens is 1. The molecule has 0 aliphatic heterocycles. The van der Waals surface area contributed by atoms with Crippen LogP contribution in [0.15, 0.2) is 60.7 Å². The summed E-state index contributed by atoms with van der Waals surface area (Å²) in [5.41, 5.74) is 1.42. The largest absolute Gasteiger partial charge is 0.496 e. The van der Waals surface area contributed by atoms with Crippen LogP contribution in [0.1, 0.15) is 10.4 Å². The molecule has 1 amide bonds. The zero-order valence-electron chi connectivity index (χ0n) is 12.0. The van der Waals surface area contributed by atoms with Gasteiger partial charge < -0.3 is 10.1 Å². The number of methoxy groups -OCH3 is 1. The molecule has 4 heteroatoms. The van der Waals surface area contributed by atoms with Gasteiger partial charge in [-0.3, -0.25) is 4.79 Å². The molecular formula is C18H14INO2. The smallest absolute Gasteiger partial charge is 0.255 e. The Bertz CT molecular complexity index is 840.